The first kappa shape index (κ1) is 14.8. The molecule has 0 saturated heterocycles. The van der Waals surface area contributed by atoms with Gasteiger partial charge in [-0.05, 0) is 43.4 Å². The molecule has 3 N–H and O–H groups in total. The fourth-order valence-electron chi connectivity index (χ4n) is 1.56. The van der Waals surface area contributed by atoms with E-state index in [0.717, 1.165) is 4.47 Å². The summed E-state index contributed by atoms with van der Waals surface area (Å²) in [5.74, 6) is 1.01. The van der Waals surface area contributed by atoms with Crippen LogP contribution in [0.3, 0.4) is 0 Å². The molecule has 2 rings (SSSR count). The maximum absolute atomic E-state index is 11.7. The third-order valence-corrected chi connectivity index (χ3v) is 4.49. The normalized spacial score (nSPS) is 11.3. The Hall–Kier alpha value is -1.57. The summed E-state index contributed by atoms with van der Waals surface area (Å²) in [5, 5.41) is 0. The van der Waals surface area contributed by atoms with E-state index < -0.39 is 10.0 Å². The fraction of sp³-hybridized carbons (Fsp3) is 0.0769. The van der Waals surface area contributed by atoms with Gasteiger partial charge in [-0.25, -0.2) is 13.1 Å². The van der Waals surface area contributed by atoms with Gasteiger partial charge >= 0.3 is 0 Å². The number of ether oxygens (including phenoxy) is 1. The van der Waals surface area contributed by atoms with Crippen molar-refractivity contribution in [3.63, 3.8) is 0 Å². The average molecular weight is 357 g/mol. The first-order valence-electron chi connectivity index (χ1n) is 5.69. The number of nitrogens with one attached hydrogen (secondary N) is 1. The Morgan fingerprint density at radius 3 is 2.55 bits per heavy atom. The highest BCUT2D eigenvalue weighted by molar-refractivity contribution is 9.10. The first-order chi connectivity index (χ1) is 9.42. The second kappa shape index (κ2) is 5.82. The number of benzene rings is 2. The first-order valence-corrected chi connectivity index (χ1v) is 7.96. The van der Waals surface area contributed by atoms with Crippen LogP contribution in [0.15, 0.2) is 51.8 Å². The Kier molecular flexibility index (Phi) is 4.32. The van der Waals surface area contributed by atoms with Crippen molar-refractivity contribution < 1.29 is 13.2 Å². The highest BCUT2D eigenvalue weighted by Crippen LogP contribution is 2.30. The highest BCUT2D eigenvalue weighted by Gasteiger charge is 2.13. The molecule has 5 nitrogen and oxygen atoms in total. The summed E-state index contributed by atoms with van der Waals surface area (Å²) in [4.78, 5) is 0.0964. The molecule has 0 aliphatic rings. The summed E-state index contributed by atoms with van der Waals surface area (Å²) in [7, 11) is -2.17. The van der Waals surface area contributed by atoms with Gasteiger partial charge in [0.1, 0.15) is 11.5 Å². The molecule has 0 unspecified atom stereocenters. The van der Waals surface area contributed by atoms with Crippen LogP contribution in [0.4, 0.5) is 5.69 Å². The molecule has 2 aromatic rings. The molecule has 7 heteroatoms. The van der Waals surface area contributed by atoms with Crippen LogP contribution in [0, 0.1) is 0 Å². The van der Waals surface area contributed by atoms with Gasteiger partial charge in [0.05, 0.1) is 10.6 Å². The average Bonchev–Trinajstić information content (AvgIpc) is 2.41. The van der Waals surface area contributed by atoms with Gasteiger partial charge in [0, 0.05) is 4.47 Å². The monoisotopic (exact) mass is 356 g/mol. The van der Waals surface area contributed by atoms with Crippen molar-refractivity contribution in [2.75, 3.05) is 12.8 Å². The summed E-state index contributed by atoms with van der Waals surface area (Å²) in [6, 6.07) is 11.6. The molecule has 0 bridgehead atoms. The molecular formula is C13H13BrN2O3S. The van der Waals surface area contributed by atoms with E-state index in [9.17, 15) is 8.42 Å². The maximum atomic E-state index is 11.7. The number of halogens is 1. The van der Waals surface area contributed by atoms with Crippen LogP contribution in [0.5, 0.6) is 11.5 Å². The van der Waals surface area contributed by atoms with Gasteiger partial charge in [-0.15, -0.1) is 0 Å². The lowest BCUT2D eigenvalue weighted by Crippen LogP contribution is -2.18. The molecular weight excluding hydrogens is 344 g/mol. The van der Waals surface area contributed by atoms with Crippen LogP contribution in [-0.4, -0.2) is 15.5 Å². The van der Waals surface area contributed by atoms with Crippen LogP contribution in [0.2, 0.25) is 0 Å². The lowest BCUT2D eigenvalue weighted by molar-refractivity contribution is 0.484. The number of hydrogen-bond donors (Lipinski definition) is 2. The molecule has 0 aliphatic carbocycles. The number of hydrogen-bond acceptors (Lipinski definition) is 4. The molecule has 2 aromatic carbocycles. The third kappa shape index (κ3) is 3.30. The van der Waals surface area contributed by atoms with Crippen molar-refractivity contribution in [2.45, 2.75) is 4.90 Å². The van der Waals surface area contributed by atoms with Crippen LogP contribution < -0.4 is 15.2 Å². The number of nitrogen functional groups attached to an aromatic ring is 1. The van der Waals surface area contributed by atoms with E-state index in [0.29, 0.717) is 11.5 Å². The Labute approximate surface area is 125 Å². The van der Waals surface area contributed by atoms with Crippen LogP contribution in [0.1, 0.15) is 0 Å². The number of rotatable bonds is 4. The summed E-state index contributed by atoms with van der Waals surface area (Å²) in [6.07, 6.45) is 0. The minimum atomic E-state index is -3.51. The smallest absolute Gasteiger partial charge is 0.240 e. The third-order valence-electron chi connectivity index (χ3n) is 2.58. The Bertz CT molecular complexity index is 732. The summed E-state index contributed by atoms with van der Waals surface area (Å²) < 4.78 is 32.0. The van der Waals surface area contributed by atoms with E-state index in [-0.39, 0.29) is 10.6 Å². The quantitative estimate of drug-likeness (QED) is 0.825. The zero-order chi connectivity index (χ0) is 14.8. The van der Waals surface area contributed by atoms with Crippen molar-refractivity contribution in [3.8, 4) is 11.5 Å². The second-order valence-electron chi connectivity index (χ2n) is 3.97. The van der Waals surface area contributed by atoms with Gasteiger partial charge in [-0.3, -0.25) is 0 Å². The predicted octanol–water partition coefficient (Wildman–Crippen LogP) is 2.73. The summed E-state index contributed by atoms with van der Waals surface area (Å²) in [5.41, 5.74) is 6.08. The lowest BCUT2D eigenvalue weighted by atomic mass is 10.3. The SMILES string of the molecule is CNS(=O)(=O)c1ccc(Oc2cccc(Br)c2)c(N)c1. The molecule has 0 heterocycles. The Morgan fingerprint density at radius 1 is 1.20 bits per heavy atom. The van der Waals surface area contributed by atoms with E-state index >= 15 is 0 Å². The van der Waals surface area contributed by atoms with Crippen molar-refractivity contribution in [1.82, 2.24) is 4.72 Å². The van der Waals surface area contributed by atoms with E-state index in [2.05, 4.69) is 20.7 Å². The van der Waals surface area contributed by atoms with Gasteiger partial charge in [0.2, 0.25) is 10.0 Å². The Morgan fingerprint density at radius 2 is 1.95 bits per heavy atom. The molecule has 0 aliphatic heterocycles. The van der Waals surface area contributed by atoms with Crippen LogP contribution >= 0.6 is 15.9 Å². The topological polar surface area (TPSA) is 81.4 Å². The fourth-order valence-corrected chi connectivity index (χ4v) is 2.71. The molecule has 0 fully saturated rings. The summed E-state index contributed by atoms with van der Waals surface area (Å²) in [6.45, 7) is 0. The van der Waals surface area contributed by atoms with E-state index in [1.165, 1.54) is 25.2 Å². The van der Waals surface area contributed by atoms with Gasteiger partial charge in [-0.1, -0.05) is 22.0 Å². The molecule has 0 aromatic heterocycles. The van der Waals surface area contributed by atoms with Crippen molar-refractivity contribution in [2.24, 2.45) is 0 Å². The van der Waals surface area contributed by atoms with Gasteiger partial charge in [0.25, 0.3) is 0 Å². The van der Waals surface area contributed by atoms with E-state index in [4.69, 9.17) is 10.5 Å². The zero-order valence-corrected chi connectivity index (χ0v) is 13.0. The zero-order valence-electron chi connectivity index (χ0n) is 10.6. The second-order valence-corrected chi connectivity index (χ2v) is 6.77. The highest BCUT2D eigenvalue weighted by atomic mass is 79.9. The van der Waals surface area contributed by atoms with Crippen molar-refractivity contribution in [1.29, 1.82) is 0 Å². The Balaban J connectivity index is 2.31. The molecule has 0 amide bonds. The molecule has 0 atom stereocenters. The van der Waals surface area contributed by atoms with Gasteiger partial charge in [-0.2, -0.15) is 0 Å². The van der Waals surface area contributed by atoms with Crippen LogP contribution in [0.25, 0.3) is 0 Å². The molecule has 20 heavy (non-hydrogen) atoms. The van der Waals surface area contributed by atoms with Crippen LogP contribution in [-0.2, 0) is 10.0 Å². The van der Waals surface area contributed by atoms with Gasteiger partial charge in [0.15, 0.2) is 0 Å². The molecule has 0 spiro atoms. The standard InChI is InChI=1S/C13H13BrN2O3S/c1-16-20(17,18)11-5-6-13(12(15)8-11)19-10-4-2-3-9(14)7-10/h2-8,16H,15H2,1H3. The predicted molar refractivity (Wildman–Crippen MR) is 81.3 cm³/mol. The van der Waals surface area contributed by atoms with E-state index in [1.807, 2.05) is 12.1 Å². The molecule has 106 valence electrons. The summed E-state index contributed by atoms with van der Waals surface area (Å²) >= 11 is 3.34. The minimum Gasteiger partial charge on any atom is -0.455 e. The minimum absolute atomic E-state index is 0.0964. The largest absolute Gasteiger partial charge is 0.455 e. The lowest BCUT2D eigenvalue weighted by Gasteiger charge is -2.10. The van der Waals surface area contributed by atoms with Crippen molar-refractivity contribution >= 4 is 31.6 Å². The maximum Gasteiger partial charge on any atom is 0.240 e. The number of anilines is 1. The molecule has 0 radical (unpaired) electrons. The number of nitrogens with two attached hydrogens (primary N) is 1. The molecule has 0 saturated carbocycles. The van der Waals surface area contributed by atoms with Crippen molar-refractivity contribution in [3.05, 3.63) is 46.9 Å². The van der Waals surface area contributed by atoms with Gasteiger partial charge < -0.3 is 10.5 Å². The van der Waals surface area contributed by atoms with E-state index in [1.54, 1.807) is 12.1 Å². The number of sulfonamides is 1.